The monoisotopic (exact) mass is 317 g/mol. The Morgan fingerprint density at radius 1 is 1.09 bits per heavy atom. The number of rotatable bonds is 6. The molecule has 3 aromatic heterocycles. The van der Waals surface area contributed by atoms with Gasteiger partial charge in [-0.2, -0.15) is 0 Å². The molecule has 0 amide bonds. The minimum atomic E-state index is -0.862. The van der Waals surface area contributed by atoms with Gasteiger partial charge in [-0.05, 0) is 24.3 Å². The Morgan fingerprint density at radius 2 is 1.77 bits per heavy atom. The van der Waals surface area contributed by atoms with Crippen LogP contribution in [0, 0.1) is 0 Å². The highest BCUT2D eigenvalue weighted by atomic mass is 32.2. The van der Waals surface area contributed by atoms with Crippen molar-refractivity contribution in [3.05, 3.63) is 36.8 Å². The fraction of sp³-hybridized carbons (Fsp3) is 0.143. The van der Waals surface area contributed by atoms with Crippen molar-refractivity contribution in [2.45, 2.75) is 11.6 Å². The predicted molar refractivity (Wildman–Crippen MR) is 78.2 cm³/mol. The minimum absolute atomic E-state index is 0.0318. The number of carbonyl (C=O) groups is 1. The van der Waals surface area contributed by atoms with Gasteiger partial charge in [0.05, 0.1) is 18.9 Å². The second-order valence-electron chi connectivity index (χ2n) is 4.24. The number of hydrogen-bond acceptors (Lipinski definition) is 7. The number of aliphatic carboxylic acids is 1. The lowest BCUT2D eigenvalue weighted by Gasteiger charge is -2.04. The Bertz CT molecular complexity index is 757. The zero-order valence-corrected chi connectivity index (χ0v) is 12.1. The lowest BCUT2D eigenvalue weighted by atomic mass is 10.2. The van der Waals surface area contributed by atoms with E-state index < -0.39 is 5.97 Å². The molecule has 1 N–H and O–H groups in total. The second kappa shape index (κ2) is 6.44. The number of nitrogens with zero attached hydrogens (tertiary/aromatic N) is 3. The molecule has 0 spiro atoms. The summed E-state index contributed by atoms with van der Waals surface area (Å²) in [6, 6.07) is 7.02. The quantitative estimate of drug-likeness (QED) is 0.692. The van der Waals surface area contributed by atoms with Crippen molar-refractivity contribution in [1.29, 1.82) is 0 Å². The van der Waals surface area contributed by atoms with Crippen LogP contribution in [0.25, 0.3) is 22.9 Å². The fourth-order valence-electron chi connectivity index (χ4n) is 1.77. The molecule has 0 atom stereocenters. The molecule has 3 rings (SSSR count). The molecule has 0 aromatic carbocycles. The summed E-state index contributed by atoms with van der Waals surface area (Å²) in [5, 5.41) is 17.2. The van der Waals surface area contributed by atoms with Gasteiger partial charge in [0.1, 0.15) is 5.69 Å². The van der Waals surface area contributed by atoms with E-state index in [2.05, 4.69) is 15.2 Å². The highest BCUT2D eigenvalue weighted by molar-refractivity contribution is 7.99. The van der Waals surface area contributed by atoms with Gasteiger partial charge in [0, 0.05) is 5.75 Å². The molecular formula is C14H11N3O4S. The van der Waals surface area contributed by atoms with Crippen LogP contribution >= 0.6 is 11.8 Å². The van der Waals surface area contributed by atoms with Crippen molar-refractivity contribution in [3.8, 4) is 22.9 Å². The Labute approximate surface area is 129 Å². The largest absolute Gasteiger partial charge is 0.481 e. The number of hydrogen-bond donors (Lipinski definition) is 1. The molecule has 0 fully saturated rings. The molecule has 0 aliphatic rings. The van der Waals surface area contributed by atoms with Crippen molar-refractivity contribution in [1.82, 2.24) is 15.2 Å². The SMILES string of the molecule is O=C(O)CCSc1nnc(-c2ccco2)c(-c2ccco2)n1. The van der Waals surface area contributed by atoms with Gasteiger partial charge in [0.15, 0.2) is 17.2 Å². The zero-order valence-electron chi connectivity index (χ0n) is 11.3. The summed E-state index contributed by atoms with van der Waals surface area (Å²) in [5.74, 6) is 0.586. The van der Waals surface area contributed by atoms with Crippen molar-refractivity contribution in [2.75, 3.05) is 5.75 Å². The molecule has 0 unspecified atom stereocenters. The smallest absolute Gasteiger partial charge is 0.304 e. The van der Waals surface area contributed by atoms with Gasteiger partial charge in [-0.3, -0.25) is 4.79 Å². The van der Waals surface area contributed by atoms with E-state index in [1.807, 2.05) is 0 Å². The summed E-state index contributed by atoms with van der Waals surface area (Å²) in [5.41, 5.74) is 0.982. The molecule has 3 heterocycles. The summed E-state index contributed by atoms with van der Waals surface area (Å²) in [7, 11) is 0. The molecule has 0 bridgehead atoms. The molecule has 0 radical (unpaired) electrons. The van der Waals surface area contributed by atoms with Crippen molar-refractivity contribution in [2.24, 2.45) is 0 Å². The fourth-order valence-corrected chi connectivity index (χ4v) is 2.48. The maximum Gasteiger partial charge on any atom is 0.304 e. The van der Waals surface area contributed by atoms with Crippen LogP contribution in [0.4, 0.5) is 0 Å². The third-order valence-electron chi connectivity index (χ3n) is 2.72. The van der Waals surface area contributed by atoms with Gasteiger partial charge < -0.3 is 13.9 Å². The third kappa shape index (κ3) is 3.17. The average molecular weight is 317 g/mol. The number of furan rings is 2. The Morgan fingerprint density at radius 3 is 2.36 bits per heavy atom. The lowest BCUT2D eigenvalue weighted by molar-refractivity contribution is -0.136. The topological polar surface area (TPSA) is 102 Å². The van der Waals surface area contributed by atoms with Crippen molar-refractivity contribution < 1.29 is 18.7 Å². The second-order valence-corrected chi connectivity index (χ2v) is 5.30. The van der Waals surface area contributed by atoms with Crippen LogP contribution in [-0.4, -0.2) is 32.0 Å². The lowest BCUT2D eigenvalue weighted by Crippen LogP contribution is -2.00. The number of carboxylic acids is 1. The van der Waals surface area contributed by atoms with Gasteiger partial charge in [0.25, 0.3) is 0 Å². The molecule has 0 saturated carbocycles. The van der Waals surface area contributed by atoms with E-state index in [-0.39, 0.29) is 6.42 Å². The molecule has 112 valence electrons. The summed E-state index contributed by atoms with van der Waals surface area (Å²) in [6.45, 7) is 0. The molecule has 0 aliphatic carbocycles. The van der Waals surface area contributed by atoms with Crippen LogP contribution in [0.1, 0.15) is 6.42 Å². The van der Waals surface area contributed by atoms with Crippen molar-refractivity contribution in [3.63, 3.8) is 0 Å². The van der Waals surface area contributed by atoms with E-state index in [0.29, 0.717) is 33.8 Å². The number of carboxylic acid groups (broad SMARTS) is 1. The van der Waals surface area contributed by atoms with Crippen LogP contribution in [0.5, 0.6) is 0 Å². The first kappa shape index (κ1) is 14.3. The number of aromatic nitrogens is 3. The summed E-state index contributed by atoms with van der Waals surface area (Å²) in [4.78, 5) is 15.0. The van der Waals surface area contributed by atoms with Crippen molar-refractivity contribution >= 4 is 17.7 Å². The zero-order chi connectivity index (χ0) is 15.4. The summed E-state index contributed by atoms with van der Waals surface area (Å²) < 4.78 is 10.7. The average Bonchev–Trinajstić information content (AvgIpc) is 3.20. The van der Waals surface area contributed by atoms with Crippen LogP contribution in [0.15, 0.2) is 50.8 Å². The van der Waals surface area contributed by atoms with Gasteiger partial charge in [-0.15, -0.1) is 10.2 Å². The first-order valence-electron chi connectivity index (χ1n) is 6.41. The highest BCUT2D eigenvalue weighted by Crippen LogP contribution is 2.30. The third-order valence-corrected chi connectivity index (χ3v) is 3.56. The highest BCUT2D eigenvalue weighted by Gasteiger charge is 2.17. The van der Waals surface area contributed by atoms with Crippen LogP contribution in [0.2, 0.25) is 0 Å². The molecule has 22 heavy (non-hydrogen) atoms. The normalized spacial score (nSPS) is 10.7. The summed E-state index contributed by atoms with van der Waals surface area (Å²) in [6.07, 6.45) is 3.11. The Hall–Kier alpha value is -2.61. The van der Waals surface area contributed by atoms with E-state index in [1.54, 1.807) is 36.8 Å². The van der Waals surface area contributed by atoms with E-state index in [1.165, 1.54) is 11.8 Å². The van der Waals surface area contributed by atoms with Gasteiger partial charge in [0.2, 0.25) is 5.16 Å². The summed E-state index contributed by atoms with van der Waals surface area (Å²) >= 11 is 1.23. The van der Waals surface area contributed by atoms with Gasteiger partial charge in [-0.25, -0.2) is 4.98 Å². The molecule has 0 saturated heterocycles. The van der Waals surface area contributed by atoms with Crippen LogP contribution in [-0.2, 0) is 4.79 Å². The Kier molecular flexibility index (Phi) is 4.19. The molecule has 7 nitrogen and oxygen atoms in total. The molecular weight excluding hydrogens is 306 g/mol. The maximum absolute atomic E-state index is 10.6. The van der Waals surface area contributed by atoms with E-state index >= 15 is 0 Å². The van der Waals surface area contributed by atoms with Gasteiger partial charge in [-0.1, -0.05) is 11.8 Å². The standard InChI is InChI=1S/C14H11N3O4S/c18-11(19)5-8-22-14-15-12(9-3-1-6-20-9)13(16-17-14)10-4-2-7-21-10/h1-4,6-7H,5,8H2,(H,18,19). The van der Waals surface area contributed by atoms with E-state index in [9.17, 15) is 4.79 Å². The minimum Gasteiger partial charge on any atom is -0.481 e. The first-order valence-corrected chi connectivity index (χ1v) is 7.39. The number of thioether (sulfide) groups is 1. The Balaban J connectivity index is 1.93. The van der Waals surface area contributed by atoms with Crippen LogP contribution < -0.4 is 0 Å². The van der Waals surface area contributed by atoms with E-state index in [4.69, 9.17) is 13.9 Å². The molecule has 0 aliphatic heterocycles. The van der Waals surface area contributed by atoms with Crippen LogP contribution in [0.3, 0.4) is 0 Å². The molecule has 8 heteroatoms. The molecule has 3 aromatic rings. The van der Waals surface area contributed by atoms with E-state index in [0.717, 1.165) is 0 Å². The predicted octanol–water partition coefficient (Wildman–Crippen LogP) is 2.96. The van der Waals surface area contributed by atoms with Gasteiger partial charge >= 0.3 is 5.97 Å². The first-order chi connectivity index (χ1) is 10.7. The maximum atomic E-state index is 10.6.